The van der Waals surface area contributed by atoms with Gasteiger partial charge in [-0.3, -0.25) is 9.59 Å². The van der Waals surface area contributed by atoms with Crippen LogP contribution in [0.3, 0.4) is 0 Å². The van der Waals surface area contributed by atoms with Crippen LogP contribution in [0.25, 0.3) is 0 Å². The van der Waals surface area contributed by atoms with E-state index in [1.165, 1.54) is 24.3 Å². The fourth-order valence-corrected chi connectivity index (χ4v) is 3.03. The van der Waals surface area contributed by atoms with Crippen molar-refractivity contribution in [2.24, 2.45) is 0 Å². The second kappa shape index (κ2) is 8.20. The number of rotatable bonds is 7. The van der Waals surface area contributed by atoms with Gasteiger partial charge in [0.2, 0.25) is 5.91 Å². The fourth-order valence-electron chi connectivity index (χ4n) is 3.03. The number of anilines is 1. The number of benzene rings is 2. The molecular weight excluding hydrogens is 349 g/mol. The molecule has 0 saturated heterocycles. The van der Waals surface area contributed by atoms with Crippen LogP contribution in [-0.4, -0.2) is 24.4 Å². The first kappa shape index (κ1) is 18.9. The lowest BCUT2D eigenvalue weighted by Gasteiger charge is -2.13. The summed E-state index contributed by atoms with van der Waals surface area (Å²) in [6.45, 7) is 4.33. The molecule has 1 heterocycles. The minimum atomic E-state index is -0.402. The molecule has 0 aromatic heterocycles. The summed E-state index contributed by atoms with van der Waals surface area (Å²) in [4.78, 5) is 24.4. The summed E-state index contributed by atoms with van der Waals surface area (Å²) in [5, 5.41) is 2.80. The van der Waals surface area contributed by atoms with Crippen LogP contribution in [0.15, 0.2) is 36.4 Å². The van der Waals surface area contributed by atoms with E-state index in [1.54, 1.807) is 6.07 Å². The number of ketones is 1. The van der Waals surface area contributed by atoms with Crippen molar-refractivity contribution in [3.8, 4) is 11.5 Å². The van der Waals surface area contributed by atoms with Crippen molar-refractivity contribution in [3.63, 3.8) is 0 Å². The second-order valence-electron chi connectivity index (χ2n) is 6.50. The smallest absolute Gasteiger partial charge is 0.224 e. The monoisotopic (exact) mass is 371 g/mol. The number of nitrogens with one attached hydrogen (secondary N) is 1. The lowest BCUT2D eigenvalue weighted by molar-refractivity contribution is -0.116. The Kier molecular flexibility index (Phi) is 5.74. The lowest BCUT2D eigenvalue weighted by atomic mass is 10.1. The van der Waals surface area contributed by atoms with Crippen LogP contribution in [0.2, 0.25) is 0 Å². The predicted octanol–water partition coefficient (Wildman–Crippen LogP) is 4.15. The van der Waals surface area contributed by atoms with Crippen molar-refractivity contribution in [1.29, 1.82) is 0 Å². The van der Waals surface area contributed by atoms with Gasteiger partial charge in [0.05, 0.1) is 12.3 Å². The Balaban J connectivity index is 1.64. The molecule has 0 radical (unpaired) electrons. The van der Waals surface area contributed by atoms with Gasteiger partial charge < -0.3 is 14.8 Å². The van der Waals surface area contributed by atoms with Gasteiger partial charge in [0.15, 0.2) is 5.78 Å². The Labute approximate surface area is 157 Å². The van der Waals surface area contributed by atoms with E-state index >= 15 is 0 Å². The number of amides is 1. The standard InChI is InChI=1S/C21H22FNO4/c1-3-26-20-11-15-10-13(2)27-19(15)12-17(20)23-21(25)9-8-18(24)14-4-6-16(22)7-5-14/h4-7,11-13H,3,8-10H2,1-2H3,(H,23,25)/t13-/m0/s1. The molecule has 5 nitrogen and oxygen atoms in total. The second-order valence-corrected chi connectivity index (χ2v) is 6.50. The summed E-state index contributed by atoms with van der Waals surface area (Å²) in [5.74, 6) is 0.426. The van der Waals surface area contributed by atoms with Crippen molar-refractivity contribution in [2.45, 2.75) is 39.2 Å². The fraction of sp³-hybridized carbons (Fsp3) is 0.333. The quantitative estimate of drug-likeness (QED) is 0.743. The Morgan fingerprint density at radius 2 is 1.96 bits per heavy atom. The molecular formula is C21H22FNO4. The molecule has 1 N–H and O–H groups in total. The number of hydrogen-bond donors (Lipinski definition) is 1. The molecule has 1 aliphatic rings. The van der Waals surface area contributed by atoms with E-state index in [-0.39, 0.29) is 30.6 Å². The van der Waals surface area contributed by atoms with Gasteiger partial charge in [0.25, 0.3) is 0 Å². The summed E-state index contributed by atoms with van der Waals surface area (Å²) < 4.78 is 24.3. The molecule has 0 saturated carbocycles. The molecule has 0 bridgehead atoms. The predicted molar refractivity (Wildman–Crippen MR) is 100.0 cm³/mol. The molecule has 0 fully saturated rings. The van der Waals surface area contributed by atoms with Crippen LogP contribution in [0.4, 0.5) is 10.1 Å². The van der Waals surface area contributed by atoms with E-state index in [1.807, 2.05) is 19.9 Å². The van der Waals surface area contributed by atoms with Crippen molar-refractivity contribution in [3.05, 3.63) is 53.3 Å². The highest BCUT2D eigenvalue weighted by Gasteiger charge is 2.22. The van der Waals surface area contributed by atoms with Crippen molar-refractivity contribution in [1.82, 2.24) is 0 Å². The SMILES string of the molecule is CCOc1cc2c(cc1NC(=O)CCC(=O)c1ccc(F)cc1)O[C@@H](C)C2. The molecule has 1 amide bonds. The first-order valence-electron chi connectivity index (χ1n) is 9.01. The zero-order valence-corrected chi connectivity index (χ0v) is 15.4. The topological polar surface area (TPSA) is 64.6 Å². The van der Waals surface area contributed by atoms with Crippen LogP contribution in [-0.2, 0) is 11.2 Å². The summed E-state index contributed by atoms with van der Waals surface area (Å²) in [5.41, 5.74) is 1.97. The van der Waals surface area contributed by atoms with Crippen LogP contribution >= 0.6 is 0 Å². The first-order chi connectivity index (χ1) is 13.0. The number of carbonyl (C=O) groups is 2. The molecule has 3 rings (SSSR count). The number of hydrogen-bond acceptors (Lipinski definition) is 4. The summed E-state index contributed by atoms with van der Waals surface area (Å²) in [6, 6.07) is 8.95. The van der Waals surface area contributed by atoms with E-state index in [2.05, 4.69) is 5.32 Å². The van der Waals surface area contributed by atoms with Gasteiger partial charge in [-0.1, -0.05) is 0 Å². The van der Waals surface area contributed by atoms with Crippen LogP contribution in [0, 0.1) is 5.82 Å². The maximum Gasteiger partial charge on any atom is 0.224 e. The third kappa shape index (κ3) is 4.64. The molecule has 0 spiro atoms. The van der Waals surface area contributed by atoms with E-state index in [0.717, 1.165) is 17.7 Å². The van der Waals surface area contributed by atoms with Gasteiger partial charge in [0, 0.05) is 36.5 Å². The maximum absolute atomic E-state index is 12.9. The van der Waals surface area contributed by atoms with E-state index in [4.69, 9.17) is 9.47 Å². The third-order valence-electron chi connectivity index (χ3n) is 4.32. The number of ether oxygens (including phenoxy) is 2. The van der Waals surface area contributed by atoms with Crippen LogP contribution in [0.5, 0.6) is 11.5 Å². The highest BCUT2D eigenvalue weighted by Crippen LogP contribution is 2.38. The summed E-state index contributed by atoms with van der Waals surface area (Å²) >= 11 is 0. The Hall–Kier alpha value is -2.89. The highest BCUT2D eigenvalue weighted by atomic mass is 19.1. The van der Waals surface area contributed by atoms with E-state index < -0.39 is 5.82 Å². The average molecular weight is 371 g/mol. The Bertz CT molecular complexity index is 848. The minimum Gasteiger partial charge on any atom is -0.492 e. The Morgan fingerprint density at radius 3 is 2.67 bits per heavy atom. The number of carbonyl (C=O) groups excluding carboxylic acids is 2. The van der Waals surface area contributed by atoms with Gasteiger partial charge in [-0.05, 0) is 44.2 Å². The van der Waals surface area contributed by atoms with Gasteiger partial charge in [0.1, 0.15) is 23.4 Å². The molecule has 0 aliphatic carbocycles. The zero-order chi connectivity index (χ0) is 19.4. The molecule has 0 unspecified atom stereocenters. The largest absolute Gasteiger partial charge is 0.492 e. The lowest BCUT2D eigenvalue weighted by Crippen LogP contribution is -2.14. The van der Waals surface area contributed by atoms with Crippen molar-refractivity contribution >= 4 is 17.4 Å². The Morgan fingerprint density at radius 1 is 1.22 bits per heavy atom. The molecule has 6 heteroatoms. The molecule has 1 aliphatic heterocycles. The first-order valence-corrected chi connectivity index (χ1v) is 9.01. The molecule has 2 aromatic carbocycles. The number of halogens is 1. The van der Waals surface area contributed by atoms with E-state index in [0.29, 0.717) is 23.6 Å². The highest BCUT2D eigenvalue weighted by molar-refractivity contribution is 6.00. The molecule has 2 aromatic rings. The minimum absolute atomic E-state index is 0.0239. The molecule has 27 heavy (non-hydrogen) atoms. The van der Waals surface area contributed by atoms with E-state index in [9.17, 15) is 14.0 Å². The van der Waals surface area contributed by atoms with Gasteiger partial charge >= 0.3 is 0 Å². The number of fused-ring (bicyclic) bond motifs is 1. The average Bonchev–Trinajstić information content (AvgIpc) is 2.99. The van der Waals surface area contributed by atoms with Gasteiger partial charge in [-0.15, -0.1) is 0 Å². The summed E-state index contributed by atoms with van der Waals surface area (Å²) in [7, 11) is 0. The molecule has 142 valence electrons. The summed E-state index contributed by atoms with van der Waals surface area (Å²) in [6.07, 6.45) is 0.958. The van der Waals surface area contributed by atoms with Crippen molar-refractivity contribution in [2.75, 3.05) is 11.9 Å². The molecule has 1 atom stereocenters. The van der Waals surface area contributed by atoms with Crippen molar-refractivity contribution < 1.29 is 23.5 Å². The van der Waals surface area contributed by atoms with Crippen LogP contribution < -0.4 is 14.8 Å². The normalized spacial score (nSPS) is 15.0. The number of Topliss-reactive ketones (excluding diaryl/α,β-unsaturated/α-hetero) is 1. The zero-order valence-electron chi connectivity index (χ0n) is 15.4. The maximum atomic E-state index is 12.9. The van der Waals surface area contributed by atoms with Crippen LogP contribution in [0.1, 0.15) is 42.6 Å². The van der Waals surface area contributed by atoms with Gasteiger partial charge in [-0.25, -0.2) is 4.39 Å². The third-order valence-corrected chi connectivity index (χ3v) is 4.32. The van der Waals surface area contributed by atoms with Gasteiger partial charge in [-0.2, -0.15) is 0 Å².